The first kappa shape index (κ1) is 17.1. The van der Waals surface area contributed by atoms with Crippen LogP contribution < -0.4 is 16.4 Å². The van der Waals surface area contributed by atoms with Crippen LogP contribution >= 0.6 is 0 Å². The molecule has 0 bridgehead atoms. The lowest BCUT2D eigenvalue weighted by atomic mass is 10.1. The molecule has 24 heavy (non-hydrogen) atoms. The Bertz CT molecular complexity index is 773. The van der Waals surface area contributed by atoms with E-state index < -0.39 is 5.91 Å². The molecule has 0 aromatic heterocycles. The van der Waals surface area contributed by atoms with Gasteiger partial charge < -0.3 is 16.4 Å². The number of nitrogens with two attached hydrogens (primary N) is 1. The van der Waals surface area contributed by atoms with Gasteiger partial charge in [0.1, 0.15) is 11.6 Å². The van der Waals surface area contributed by atoms with Gasteiger partial charge in [-0.1, -0.05) is 29.8 Å². The number of carbonyl (C=O) groups is 1. The lowest BCUT2D eigenvalue weighted by molar-refractivity contribution is -0.112. The Morgan fingerprint density at radius 3 is 2.67 bits per heavy atom. The summed E-state index contributed by atoms with van der Waals surface area (Å²) in [7, 11) is 0. The van der Waals surface area contributed by atoms with Crippen molar-refractivity contribution in [3.05, 3.63) is 71.4 Å². The summed E-state index contributed by atoms with van der Waals surface area (Å²) in [6, 6.07) is 16.9. The molecule has 0 saturated carbocycles. The van der Waals surface area contributed by atoms with Gasteiger partial charge in [-0.3, -0.25) is 4.79 Å². The zero-order chi connectivity index (χ0) is 17.4. The lowest BCUT2D eigenvalue weighted by Gasteiger charge is -2.06. The highest BCUT2D eigenvalue weighted by Crippen LogP contribution is 2.11. The van der Waals surface area contributed by atoms with Gasteiger partial charge in [-0.25, -0.2) is 0 Å². The van der Waals surface area contributed by atoms with Crippen molar-refractivity contribution in [2.45, 2.75) is 13.3 Å². The Morgan fingerprint density at radius 1 is 1.25 bits per heavy atom. The molecule has 0 unspecified atom stereocenters. The first-order chi connectivity index (χ1) is 11.6. The van der Waals surface area contributed by atoms with E-state index in [0.29, 0.717) is 17.9 Å². The Morgan fingerprint density at radius 2 is 2.00 bits per heavy atom. The maximum Gasteiger partial charge on any atom is 0.267 e. The quantitative estimate of drug-likeness (QED) is 0.330. The number of rotatable bonds is 6. The van der Waals surface area contributed by atoms with E-state index >= 15 is 0 Å². The third-order valence-corrected chi connectivity index (χ3v) is 3.42. The second kappa shape index (κ2) is 8.39. The summed E-state index contributed by atoms with van der Waals surface area (Å²) in [5.41, 5.74) is 9.25. The summed E-state index contributed by atoms with van der Waals surface area (Å²) in [5, 5.41) is 14.8. The van der Waals surface area contributed by atoms with Gasteiger partial charge in [0, 0.05) is 24.1 Å². The highest BCUT2D eigenvalue weighted by atomic mass is 16.1. The predicted molar refractivity (Wildman–Crippen MR) is 96.1 cm³/mol. The maximum atomic E-state index is 12.1. The van der Waals surface area contributed by atoms with Crippen LogP contribution in [0.25, 0.3) is 0 Å². The summed E-state index contributed by atoms with van der Waals surface area (Å²) >= 11 is 0. The van der Waals surface area contributed by atoms with Gasteiger partial charge in [0.25, 0.3) is 5.91 Å². The van der Waals surface area contributed by atoms with Crippen LogP contribution in [0.3, 0.4) is 0 Å². The van der Waals surface area contributed by atoms with E-state index in [9.17, 15) is 4.79 Å². The Hall–Kier alpha value is -3.26. The molecular weight excluding hydrogens is 300 g/mol. The monoisotopic (exact) mass is 320 g/mol. The molecule has 0 spiro atoms. The van der Waals surface area contributed by atoms with Crippen LogP contribution in [0.2, 0.25) is 0 Å². The molecule has 0 radical (unpaired) electrons. The van der Waals surface area contributed by atoms with Crippen LogP contribution in [0, 0.1) is 18.3 Å². The minimum Gasteiger partial charge on any atom is -0.399 e. The Balaban J connectivity index is 1.87. The summed E-state index contributed by atoms with van der Waals surface area (Å²) in [4.78, 5) is 12.1. The molecule has 4 N–H and O–H groups in total. The molecular formula is C19H20N4O. The topological polar surface area (TPSA) is 90.9 Å². The van der Waals surface area contributed by atoms with Crippen LogP contribution in [0.5, 0.6) is 0 Å². The molecule has 0 aliphatic rings. The molecule has 122 valence electrons. The summed E-state index contributed by atoms with van der Waals surface area (Å²) in [5.74, 6) is -0.453. The van der Waals surface area contributed by atoms with Crippen molar-refractivity contribution in [2.75, 3.05) is 17.6 Å². The molecule has 5 nitrogen and oxygen atoms in total. The molecule has 1 amide bonds. The fourth-order valence-corrected chi connectivity index (χ4v) is 2.17. The maximum absolute atomic E-state index is 12.1. The number of anilines is 2. The minimum atomic E-state index is -0.453. The fraction of sp³-hybridized carbons (Fsp3) is 0.158. The SMILES string of the molecule is Cc1cccc(CCN/C=C(/C#N)C(=O)Nc2ccc(N)cc2)c1. The highest BCUT2D eigenvalue weighted by molar-refractivity contribution is 6.06. The molecule has 0 atom stereocenters. The van der Waals surface area contributed by atoms with Gasteiger partial charge in [0.15, 0.2) is 0 Å². The van der Waals surface area contributed by atoms with E-state index in [1.165, 1.54) is 17.3 Å². The fourth-order valence-electron chi connectivity index (χ4n) is 2.17. The molecule has 0 aliphatic carbocycles. The number of benzene rings is 2. The number of nitrogens with one attached hydrogen (secondary N) is 2. The van der Waals surface area contributed by atoms with Gasteiger partial charge >= 0.3 is 0 Å². The zero-order valence-electron chi connectivity index (χ0n) is 13.5. The number of amides is 1. The number of aryl methyl sites for hydroxylation is 1. The van der Waals surface area contributed by atoms with Gasteiger partial charge in [0.2, 0.25) is 0 Å². The molecule has 2 aromatic rings. The summed E-state index contributed by atoms with van der Waals surface area (Å²) in [6.07, 6.45) is 2.26. The number of nitrogens with zero attached hydrogens (tertiary/aromatic N) is 1. The summed E-state index contributed by atoms with van der Waals surface area (Å²) < 4.78 is 0. The molecule has 0 aliphatic heterocycles. The van der Waals surface area contributed by atoms with E-state index in [2.05, 4.69) is 22.8 Å². The van der Waals surface area contributed by atoms with Gasteiger partial charge in [-0.05, 0) is 43.2 Å². The van der Waals surface area contributed by atoms with Crippen molar-refractivity contribution in [3.63, 3.8) is 0 Å². The van der Waals surface area contributed by atoms with Crippen molar-refractivity contribution >= 4 is 17.3 Å². The first-order valence-corrected chi connectivity index (χ1v) is 7.64. The van der Waals surface area contributed by atoms with Crippen molar-refractivity contribution in [1.29, 1.82) is 5.26 Å². The van der Waals surface area contributed by atoms with Crippen LogP contribution in [-0.4, -0.2) is 12.5 Å². The number of nitrogen functional groups attached to an aromatic ring is 1. The van der Waals surface area contributed by atoms with Crippen molar-refractivity contribution in [2.24, 2.45) is 0 Å². The number of hydrogen-bond acceptors (Lipinski definition) is 4. The predicted octanol–water partition coefficient (Wildman–Crippen LogP) is 2.76. The van der Waals surface area contributed by atoms with Crippen LogP contribution in [0.1, 0.15) is 11.1 Å². The first-order valence-electron chi connectivity index (χ1n) is 7.64. The highest BCUT2D eigenvalue weighted by Gasteiger charge is 2.08. The normalized spacial score (nSPS) is 10.8. The molecule has 2 rings (SSSR count). The number of hydrogen-bond donors (Lipinski definition) is 3. The number of nitriles is 1. The van der Waals surface area contributed by atoms with Crippen molar-refractivity contribution < 1.29 is 4.79 Å². The molecule has 0 heterocycles. The van der Waals surface area contributed by atoms with Crippen LogP contribution in [-0.2, 0) is 11.2 Å². The largest absolute Gasteiger partial charge is 0.399 e. The van der Waals surface area contributed by atoms with Crippen molar-refractivity contribution in [1.82, 2.24) is 5.32 Å². The van der Waals surface area contributed by atoms with Gasteiger partial charge in [-0.15, -0.1) is 0 Å². The number of carbonyl (C=O) groups excluding carboxylic acids is 1. The average Bonchev–Trinajstić information content (AvgIpc) is 2.57. The standard InChI is InChI=1S/C19H20N4O/c1-14-3-2-4-15(11-14)9-10-22-13-16(12-20)19(24)23-18-7-5-17(21)6-8-18/h2-8,11,13,22H,9-10,21H2,1H3,(H,23,24)/b16-13-. The van der Waals surface area contributed by atoms with E-state index in [1.807, 2.05) is 25.1 Å². The van der Waals surface area contributed by atoms with Crippen molar-refractivity contribution in [3.8, 4) is 6.07 Å². The smallest absolute Gasteiger partial charge is 0.267 e. The molecule has 5 heteroatoms. The lowest BCUT2D eigenvalue weighted by Crippen LogP contribution is -2.18. The van der Waals surface area contributed by atoms with Crippen LogP contribution in [0.15, 0.2) is 60.3 Å². The second-order valence-corrected chi connectivity index (χ2v) is 5.44. The Kier molecular flexibility index (Phi) is 5.98. The molecule has 0 fully saturated rings. The minimum absolute atomic E-state index is 0.0241. The zero-order valence-corrected chi connectivity index (χ0v) is 13.5. The van der Waals surface area contributed by atoms with Gasteiger partial charge in [-0.2, -0.15) is 5.26 Å². The Labute approximate surface area is 141 Å². The van der Waals surface area contributed by atoms with Gasteiger partial charge in [0.05, 0.1) is 0 Å². The van der Waals surface area contributed by atoms with Crippen LogP contribution in [0.4, 0.5) is 11.4 Å². The van der Waals surface area contributed by atoms with E-state index in [4.69, 9.17) is 11.0 Å². The molecule has 0 saturated heterocycles. The van der Waals surface area contributed by atoms with E-state index in [0.717, 1.165) is 6.42 Å². The third kappa shape index (κ3) is 5.18. The second-order valence-electron chi connectivity index (χ2n) is 5.44. The third-order valence-electron chi connectivity index (χ3n) is 3.42. The summed E-state index contributed by atoms with van der Waals surface area (Å²) in [6.45, 7) is 2.69. The average molecular weight is 320 g/mol. The molecule has 2 aromatic carbocycles. The van der Waals surface area contributed by atoms with E-state index in [-0.39, 0.29) is 5.57 Å². The van der Waals surface area contributed by atoms with E-state index in [1.54, 1.807) is 24.3 Å².